The third-order valence-electron chi connectivity index (χ3n) is 4.16. The van der Waals surface area contributed by atoms with E-state index in [2.05, 4.69) is 14.9 Å². The van der Waals surface area contributed by atoms with Crippen molar-refractivity contribution in [3.63, 3.8) is 0 Å². The first kappa shape index (κ1) is 16.6. The monoisotopic (exact) mass is 344 g/mol. The number of amides is 2. The van der Waals surface area contributed by atoms with Gasteiger partial charge in [0.15, 0.2) is 0 Å². The number of hydrogen-bond acceptors (Lipinski definition) is 5. The lowest BCUT2D eigenvalue weighted by atomic mass is 10.1. The highest BCUT2D eigenvalue weighted by Gasteiger charge is 2.30. The molecule has 1 aliphatic rings. The molecule has 126 valence electrons. The minimum Gasteiger partial charge on any atom is -0.336 e. The Morgan fingerprint density at radius 3 is 2.71 bits per heavy atom. The molecule has 24 heavy (non-hydrogen) atoms. The molecule has 1 fully saturated rings. The molecule has 0 unspecified atom stereocenters. The molecule has 0 radical (unpaired) electrons. The number of hydrogen-bond donors (Lipinski definition) is 1. The summed E-state index contributed by atoms with van der Waals surface area (Å²) in [5, 5.41) is 6.90. The number of aryl methyl sites for hydroxylation is 2. The molecule has 1 aromatic heterocycles. The van der Waals surface area contributed by atoms with Crippen LogP contribution in [0.5, 0.6) is 0 Å². The summed E-state index contributed by atoms with van der Waals surface area (Å²) in [7, 11) is 1.75. The highest BCUT2D eigenvalue weighted by Crippen LogP contribution is 2.31. The zero-order chi connectivity index (χ0) is 17.3. The van der Waals surface area contributed by atoms with Crippen LogP contribution in [0.1, 0.15) is 39.3 Å². The summed E-state index contributed by atoms with van der Waals surface area (Å²) in [4.78, 5) is 27.2. The van der Waals surface area contributed by atoms with Crippen LogP contribution in [-0.2, 0) is 11.3 Å². The van der Waals surface area contributed by atoms with E-state index in [1.807, 2.05) is 19.9 Å². The van der Waals surface area contributed by atoms with Crippen LogP contribution < -0.4 is 5.32 Å². The third-order valence-corrected chi connectivity index (χ3v) is 4.97. The molecule has 1 N–H and O–H groups in total. The van der Waals surface area contributed by atoms with E-state index in [-0.39, 0.29) is 17.7 Å². The maximum atomic E-state index is 12.7. The van der Waals surface area contributed by atoms with Gasteiger partial charge in [0.05, 0.1) is 17.1 Å². The Bertz CT molecular complexity index is 783. The van der Waals surface area contributed by atoms with Crippen LogP contribution in [0.25, 0.3) is 0 Å². The molecule has 1 aliphatic carbocycles. The van der Waals surface area contributed by atoms with Crippen molar-refractivity contribution in [3.8, 4) is 0 Å². The molecule has 0 atom stereocenters. The molecule has 0 bridgehead atoms. The third kappa shape index (κ3) is 3.62. The first-order valence-corrected chi connectivity index (χ1v) is 8.68. The summed E-state index contributed by atoms with van der Waals surface area (Å²) in [6.07, 6.45) is 1.91. The Morgan fingerprint density at radius 1 is 1.33 bits per heavy atom. The van der Waals surface area contributed by atoms with Gasteiger partial charge in [0.2, 0.25) is 5.91 Å². The summed E-state index contributed by atoms with van der Waals surface area (Å²) in [6, 6.07) is 5.41. The predicted molar refractivity (Wildman–Crippen MR) is 93.0 cm³/mol. The van der Waals surface area contributed by atoms with Crippen molar-refractivity contribution in [1.29, 1.82) is 0 Å². The van der Waals surface area contributed by atoms with Crippen LogP contribution in [-0.4, -0.2) is 33.3 Å². The van der Waals surface area contributed by atoms with Gasteiger partial charge >= 0.3 is 0 Å². The molecular formula is C17H20N4O2S. The average molecular weight is 344 g/mol. The van der Waals surface area contributed by atoms with Crippen LogP contribution in [0, 0.1) is 19.8 Å². The Balaban J connectivity index is 1.74. The van der Waals surface area contributed by atoms with Crippen molar-refractivity contribution in [2.24, 2.45) is 5.92 Å². The van der Waals surface area contributed by atoms with Crippen LogP contribution in [0.3, 0.4) is 0 Å². The molecule has 1 saturated carbocycles. The number of rotatable bonds is 5. The fraction of sp³-hybridized carbons (Fsp3) is 0.412. The van der Waals surface area contributed by atoms with Crippen molar-refractivity contribution in [2.75, 3.05) is 12.4 Å². The minimum absolute atomic E-state index is 0.0439. The van der Waals surface area contributed by atoms with E-state index >= 15 is 0 Å². The second kappa shape index (κ2) is 6.68. The summed E-state index contributed by atoms with van der Waals surface area (Å²) >= 11 is 1.30. The highest BCUT2D eigenvalue weighted by molar-refractivity contribution is 7.05. The van der Waals surface area contributed by atoms with Crippen molar-refractivity contribution in [1.82, 2.24) is 14.5 Å². The SMILES string of the molecule is Cc1ccc(C(=O)N(C)Cc2snnc2C)cc1NC(=O)C1CC1. The Labute approximate surface area is 145 Å². The number of aromatic nitrogens is 2. The molecule has 6 nitrogen and oxygen atoms in total. The maximum Gasteiger partial charge on any atom is 0.253 e. The number of carbonyl (C=O) groups excluding carboxylic acids is 2. The van der Waals surface area contributed by atoms with E-state index in [9.17, 15) is 9.59 Å². The Hall–Kier alpha value is -2.28. The molecule has 0 saturated heterocycles. The van der Waals surface area contributed by atoms with Crippen molar-refractivity contribution in [2.45, 2.75) is 33.2 Å². The number of benzene rings is 1. The summed E-state index contributed by atoms with van der Waals surface area (Å²) in [5.74, 6) is 0.0837. The standard InChI is InChI=1S/C17H20N4O2S/c1-10-4-5-13(8-14(10)18-16(22)12-6-7-12)17(23)21(3)9-15-11(2)19-20-24-15/h4-5,8,12H,6-7,9H2,1-3H3,(H,18,22). The van der Waals surface area contributed by atoms with Gasteiger partial charge in [-0.15, -0.1) is 5.10 Å². The number of anilines is 1. The van der Waals surface area contributed by atoms with Gasteiger partial charge in [0.1, 0.15) is 0 Å². The smallest absolute Gasteiger partial charge is 0.253 e. The largest absolute Gasteiger partial charge is 0.336 e. The van der Waals surface area contributed by atoms with Crippen LogP contribution in [0.15, 0.2) is 18.2 Å². The van der Waals surface area contributed by atoms with E-state index in [1.165, 1.54) is 11.5 Å². The van der Waals surface area contributed by atoms with Crippen molar-refractivity contribution < 1.29 is 9.59 Å². The average Bonchev–Trinajstić information content (AvgIpc) is 3.33. The molecule has 2 amide bonds. The van der Waals surface area contributed by atoms with Crippen molar-refractivity contribution >= 4 is 29.0 Å². The molecule has 0 spiro atoms. The van der Waals surface area contributed by atoms with E-state index in [4.69, 9.17) is 0 Å². The fourth-order valence-corrected chi connectivity index (χ4v) is 3.06. The van der Waals surface area contributed by atoms with Gasteiger partial charge in [0.25, 0.3) is 5.91 Å². The first-order chi connectivity index (χ1) is 11.5. The molecule has 7 heteroatoms. The topological polar surface area (TPSA) is 75.2 Å². The lowest BCUT2D eigenvalue weighted by molar-refractivity contribution is -0.117. The second-order valence-corrected chi connectivity index (χ2v) is 7.07. The second-order valence-electron chi connectivity index (χ2n) is 6.24. The molecule has 3 rings (SSSR count). The quantitative estimate of drug-likeness (QED) is 0.905. The molecule has 2 aromatic rings. The highest BCUT2D eigenvalue weighted by atomic mass is 32.1. The predicted octanol–water partition coefficient (Wildman–Crippen LogP) is 2.78. The van der Waals surface area contributed by atoms with Crippen LogP contribution in [0.4, 0.5) is 5.69 Å². The van der Waals surface area contributed by atoms with E-state index < -0.39 is 0 Å². The molecule has 1 aromatic carbocycles. The zero-order valence-corrected chi connectivity index (χ0v) is 14.8. The first-order valence-electron chi connectivity index (χ1n) is 7.90. The summed E-state index contributed by atoms with van der Waals surface area (Å²) < 4.78 is 3.89. The Kier molecular flexibility index (Phi) is 4.62. The molecule has 1 heterocycles. The van der Waals surface area contributed by atoms with Gasteiger partial charge in [-0.2, -0.15) is 0 Å². The fourth-order valence-electron chi connectivity index (χ4n) is 2.37. The molecular weight excluding hydrogens is 324 g/mol. The van der Waals surface area contributed by atoms with Gasteiger partial charge in [-0.25, -0.2) is 0 Å². The lowest BCUT2D eigenvalue weighted by Gasteiger charge is -2.17. The van der Waals surface area contributed by atoms with E-state index in [1.54, 1.807) is 24.1 Å². The number of nitrogens with one attached hydrogen (secondary N) is 1. The summed E-state index contributed by atoms with van der Waals surface area (Å²) in [5.41, 5.74) is 3.07. The number of nitrogens with zero attached hydrogens (tertiary/aromatic N) is 3. The summed E-state index contributed by atoms with van der Waals surface area (Å²) in [6.45, 7) is 4.28. The zero-order valence-electron chi connectivity index (χ0n) is 14.0. The van der Waals surface area contributed by atoms with Gasteiger partial charge in [-0.1, -0.05) is 10.6 Å². The normalized spacial score (nSPS) is 13.6. The van der Waals surface area contributed by atoms with Crippen LogP contribution >= 0.6 is 11.5 Å². The maximum absolute atomic E-state index is 12.7. The Morgan fingerprint density at radius 2 is 2.08 bits per heavy atom. The van der Waals surface area contributed by atoms with Gasteiger partial charge in [-0.05, 0) is 55.9 Å². The van der Waals surface area contributed by atoms with Gasteiger partial charge in [-0.3, -0.25) is 9.59 Å². The van der Waals surface area contributed by atoms with Crippen LogP contribution in [0.2, 0.25) is 0 Å². The van der Waals surface area contributed by atoms with E-state index in [0.29, 0.717) is 17.8 Å². The van der Waals surface area contributed by atoms with Gasteiger partial charge < -0.3 is 10.2 Å². The minimum atomic E-state index is -0.0929. The van der Waals surface area contributed by atoms with Gasteiger partial charge in [0, 0.05) is 24.2 Å². The molecule has 0 aliphatic heterocycles. The lowest BCUT2D eigenvalue weighted by Crippen LogP contribution is -2.26. The van der Waals surface area contributed by atoms with E-state index in [0.717, 1.165) is 29.0 Å². The number of carbonyl (C=O) groups is 2. The van der Waals surface area contributed by atoms with Crippen molar-refractivity contribution in [3.05, 3.63) is 39.9 Å².